The Kier molecular flexibility index (Phi) is 5.24. The summed E-state index contributed by atoms with van der Waals surface area (Å²) in [5.41, 5.74) is 11.2. The highest BCUT2D eigenvalue weighted by molar-refractivity contribution is 5.61. The maximum absolute atomic E-state index is 4.02. The van der Waals surface area contributed by atoms with Gasteiger partial charge in [0.25, 0.3) is 0 Å². The fourth-order valence-corrected chi connectivity index (χ4v) is 5.00. The molecule has 3 rings (SSSR count). The first kappa shape index (κ1) is 18.7. The lowest BCUT2D eigenvalue weighted by molar-refractivity contribution is -0.844. The first-order valence-electron chi connectivity index (χ1n) is 9.69. The molecule has 2 aromatic carbocycles. The van der Waals surface area contributed by atoms with E-state index in [0.29, 0.717) is 6.04 Å². The van der Waals surface area contributed by atoms with Crippen LogP contribution >= 0.6 is 0 Å². The van der Waals surface area contributed by atoms with Crippen molar-refractivity contribution in [3.63, 3.8) is 0 Å². The molecule has 0 bridgehead atoms. The molecule has 0 aromatic heterocycles. The van der Waals surface area contributed by atoms with Crippen LogP contribution in [0.15, 0.2) is 36.9 Å². The highest BCUT2D eigenvalue weighted by Crippen LogP contribution is 2.28. The zero-order valence-electron chi connectivity index (χ0n) is 17.2. The van der Waals surface area contributed by atoms with Gasteiger partial charge >= 0.3 is 0 Å². The minimum atomic E-state index is 0.549. The minimum Gasteiger partial charge on any atom is -0.318 e. The van der Waals surface area contributed by atoms with E-state index in [1.54, 1.807) is 4.90 Å². The molecular formula is C24H33N2+. The van der Waals surface area contributed by atoms with Gasteiger partial charge in [-0.1, -0.05) is 41.5 Å². The van der Waals surface area contributed by atoms with Crippen LogP contribution in [0.2, 0.25) is 0 Å². The predicted octanol–water partition coefficient (Wildman–Crippen LogP) is 4.48. The van der Waals surface area contributed by atoms with Gasteiger partial charge in [0.15, 0.2) is 6.67 Å². The van der Waals surface area contributed by atoms with Gasteiger partial charge in [-0.15, -0.1) is 6.58 Å². The number of benzene rings is 2. The molecule has 2 atom stereocenters. The number of hydrogen-bond acceptors (Lipinski definition) is 1. The molecule has 2 unspecified atom stereocenters. The fourth-order valence-electron chi connectivity index (χ4n) is 5.00. The maximum atomic E-state index is 4.02. The molecule has 0 amide bonds. The monoisotopic (exact) mass is 349 g/mol. The summed E-state index contributed by atoms with van der Waals surface area (Å²) in [6.45, 7) is 19.5. The molecule has 26 heavy (non-hydrogen) atoms. The summed E-state index contributed by atoms with van der Waals surface area (Å²) in [7, 11) is 0. The van der Waals surface area contributed by atoms with E-state index in [4.69, 9.17) is 0 Å². The Morgan fingerprint density at radius 2 is 1.42 bits per heavy atom. The molecule has 1 fully saturated rings. The van der Waals surface area contributed by atoms with Crippen molar-refractivity contribution in [2.75, 3.05) is 18.1 Å². The lowest BCUT2D eigenvalue weighted by Gasteiger charge is -2.24. The van der Waals surface area contributed by atoms with Crippen molar-refractivity contribution in [3.8, 4) is 0 Å². The van der Waals surface area contributed by atoms with Gasteiger partial charge in [0.05, 0.1) is 6.54 Å². The Hall–Kier alpha value is -2.06. The van der Waals surface area contributed by atoms with Gasteiger partial charge in [-0.25, -0.2) is 0 Å². The predicted molar refractivity (Wildman–Crippen MR) is 113 cm³/mol. The van der Waals surface area contributed by atoms with Crippen LogP contribution in [0.25, 0.3) is 0 Å². The number of quaternary nitrogens is 1. The summed E-state index contributed by atoms with van der Waals surface area (Å²) < 4.78 is 0. The zero-order chi connectivity index (χ0) is 19.0. The van der Waals surface area contributed by atoms with Crippen molar-refractivity contribution >= 4 is 11.4 Å². The maximum Gasteiger partial charge on any atom is 0.158 e. The first-order chi connectivity index (χ1) is 12.3. The number of hydrogen-bond donors (Lipinski definition) is 1. The average molecular weight is 350 g/mol. The normalized spacial score (nSPS) is 19.8. The van der Waals surface area contributed by atoms with Crippen LogP contribution in [0.1, 0.15) is 39.8 Å². The van der Waals surface area contributed by atoms with Crippen molar-refractivity contribution in [1.29, 1.82) is 0 Å². The number of nitrogens with zero attached hydrogens (tertiary/aromatic N) is 1. The van der Waals surface area contributed by atoms with E-state index in [1.807, 2.05) is 0 Å². The third-order valence-corrected chi connectivity index (χ3v) is 5.70. The fraction of sp³-hybridized carbons (Fsp3) is 0.417. The lowest BCUT2D eigenvalue weighted by Crippen LogP contribution is -3.10. The Balaban J connectivity index is 2.02. The second kappa shape index (κ2) is 7.28. The number of rotatable bonds is 4. The number of anilines is 1. The minimum absolute atomic E-state index is 0.549. The Bertz CT molecular complexity index is 788. The van der Waals surface area contributed by atoms with E-state index in [1.165, 1.54) is 44.8 Å². The summed E-state index contributed by atoms with van der Waals surface area (Å²) in [4.78, 5) is 4.17. The SMILES string of the molecule is C=CCC1CN(c2c(C)cc(C)cc2C)C[NH+]1c1c(C)cc(C)cc1C. The van der Waals surface area contributed by atoms with Gasteiger partial charge in [0, 0.05) is 23.2 Å². The van der Waals surface area contributed by atoms with Crippen molar-refractivity contribution < 1.29 is 4.90 Å². The van der Waals surface area contributed by atoms with Gasteiger partial charge in [-0.05, 0) is 52.7 Å². The van der Waals surface area contributed by atoms with Crippen molar-refractivity contribution in [3.05, 3.63) is 70.3 Å². The van der Waals surface area contributed by atoms with E-state index >= 15 is 0 Å². The van der Waals surface area contributed by atoms with Crippen LogP contribution in [-0.4, -0.2) is 19.3 Å². The number of aryl methyl sites for hydroxylation is 6. The summed E-state index contributed by atoms with van der Waals surface area (Å²) in [6, 6.07) is 9.82. The average Bonchev–Trinajstić information content (AvgIpc) is 2.89. The molecular weight excluding hydrogens is 316 g/mol. The topological polar surface area (TPSA) is 7.68 Å². The Morgan fingerprint density at radius 1 is 0.923 bits per heavy atom. The van der Waals surface area contributed by atoms with Gasteiger partial charge in [0.2, 0.25) is 0 Å². The Morgan fingerprint density at radius 3 is 1.92 bits per heavy atom. The summed E-state index contributed by atoms with van der Waals surface area (Å²) in [5, 5.41) is 0. The van der Waals surface area contributed by atoms with E-state index in [-0.39, 0.29) is 0 Å². The summed E-state index contributed by atoms with van der Waals surface area (Å²) >= 11 is 0. The molecule has 0 aliphatic carbocycles. The van der Waals surface area contributed by atoms with Crippen LogP contribution in [0.4, 0.5) is 11.4 Å². The molecule has 1 N–H and O–H groups in total. The first-order valence-corrected chi connectivity index (χ1v) is 9.69. The summed E-state index contributed by atoms with van der Waals surface area (Å²) in [6.07, 6.45) is 3.13. The van der Waals surface area contributed by atoms with Crippen molar-refractivity contribution in [1.82, 2.24) is 0 Å². The quantitative estimate of drug-likeness (QED) is 0.800. The third-order valence-electron chi connectivity index (χ3n) is 5.70. The van der Waals surface area contributed by atoms with Crippen LogP contribution in [-0.2, 0) is 0 Å². The van der Waals surface area contributed by atoms with E-state index in [0.717, 1.165) is 19.6 Å². The smallest absolute Gasteiger partial charge is 0.158 e. The van der Waals surface area contributed by atoms with E-state index in [2.05, 4.69) is 83.4 Å². The third kappa shape index (κ3) is 3.43. The molecule has 1 aliphatic rings. The number of nitrogens with one attached hydrogen (secondary N) is 1. The van der Waals surface area contributed by atoms with Crippen LogP contribution < -0.4 is 9.80 Å². The van der Waals surface area contributed by atoms with Crippen LogP contribution in [0, 0.1) is 41.5 Å². The van der Waals surface area contributed by atoms with Gasteiger partial charge < -0.3 is 4.90 Å². The lowest BCUT2D eigenvalue weighted by atomic mass is 10.0. The van der Waals surface area contributed by atoms with Gasteiger partial charge in [-0.3, -0.25) is 4.90 Å². The largest absolute Gasteiger partial charge is 0.318 e. The molecule has 1 heterocycles. The molecule has 2 aromatic rings. The highest BCUT2D eigenvalue weighted by atomic mass is 15.4. The molecule has 0 radical (unpaired) electrons. The molecule has 0 saturated carbocycles. The van der Waals surface area contributed by atoms with Gasteiger partial charge in [0.1, 0.15) is 11.7 Å². The van der Waals surface area contributed by atoms with Crippen LogP contribution in [0.5, 0.6) is 0 Å². The van der Waals surface area contributed by atoms with E-state index < -0.39 is 0 Å². The van der Waals surface area contributed by atoms with Crippen molar-refractivity contribution in [2.24, 2.45) is 0 Å². The standard InChI is InChI=1S/C24H32N2/c1-8-9-22-14-25(23-18(4)10-16(2)11-19(23)5)15-26(22)24-20(6)12-17(3)13-21(24)7/h8,10-13,22H,1,9,14-15H2,2-7H3/p+1. The molecule has 2 heteroatoms. The molecule has 0 spiro atoms. The second-order valence-corrected chi connectivity index (χ2v) is 8.15. The molecule has 138 valence electrons. The highest BCUT2D eigenvalue weighted by Gasteiger charge is 2.37. The van der Waals surface area contributed by atoms with Crippen molar-refractivity contribution in [2.45, 2.75) is 54.0 Å². The zero-order valence-corrected chi connectivity index (χ0v) is 17.2. The summed E-state index contributed by atoms with van der Waals surface area (Å²) in [5.74, 6) is 0. The van der Waals surface area contributed by atoms with Gasteiger partial charge in [-0.2, -0.15) is 0 Å². The molecule has 1 saturated heterocycles. The molecule has 1 aliphatic heterocycles. The van der Waals surface area contributed by atoms with E-state index in [9.17, 15) is 0 Å². The second-order valence-electron chi connectivity index (χ2n) is 8.15. The molecule has 2 nitrogen and oxygen atoms in total. The Labute approximate surface area is 159 Å². The van der Waals surface area contributed by atoms with Crippen LogP contribution in [0.3, 0.4) is 0 Å².